The van der Waals surface area contributed by atoms with Crippen molar-refractivity contribution in [2.45, 2.75) is 63.1 Å². The average Bonchev–Trinajstić information content (AvgIpc) is 3.10. The van der Waals surface area contributed by atoms with E-state index in [1.54, 1.807) is 0 Å². The van der Waals surface area contributed by atoms with Crippen LogP contribution in [0.1, 0.15) is 56.3 Å². The lowest BCUT2D eigenvalue weighted by Crippen LogP contribution is -2.52. The average molecular weight is 431 g/mol. The van der Waals surface area contributed by atoms with Crippen LogP contribution in [0.4, 0.5) is 10.5 Å². The van der Waals surface area contributed by atoms with Gasteiger partial charge in [-0.15, -0.1) is 0 Å². The van der Waals surface area contributed by atoms with Gasteiger partial charge in [0.25, 0.3) is 0 Å². The minimum absolute atomic E-state index is 0.167. The van der Waals surface area contributed by atoms with E-state index in [2.05, 4.69) is 40.6 Å². The quantitative estimate of drug-likeness (QED) is 0.726. The molecule has 1 saturated carbocycles. The molecule has 2 fully saturated rings. The molecule has 7 heteroatoms. The Hall–Kier alpha value is -1.76. The molecule has 1 aliphatic carbocycles. The Labute approximate surface area is 182 Å². The molecule has 0 unspecified atom stereocenters. The zero-order valence-corrected chi connectivity index (χ0v) is 18.6. The second kappa shape index (κ2) is 7.74. The van der Waals surface area contributed by atoms with Crippen molar-refractivity contribution in [1.82, 2.24) is 15.1 Å². The van der Waals surface area contributed by atoms with Crippen LogP contribution in [0, 0.1) is 0 Å². The van der Waals surface area contributed by atoms with Crippen molar-refractivity contribution in [2.24, 2.45) is 0 Å². The van der Waals surface area contributed by atoms with Gasteiger partial charge in [-0.05, 0) is 65.0 Å². The van der Waals surface area contributed by atoms with Crippen LogP contribution in [0.2, 0.25) is 5.02 Å². The minimum Gasteiger partial charge on any atom is -0.459 e. The Morgan fingerprint density at radius 2 is 1.97 bits per heavy atom. The molecular formula is C23H31ClN4O2. The maximum absolute atomic E-state index is 12.4. The van der Waals surface area contributed by atoms with Crippen LogP contribution in [0.25, 0.3) is 11.0 Å². The summed E-state index contributed by atoms with van der Waals surface area (Å²) in [6.07, 6.45) is 7.62. The number of anilines is 1. The Kier molecular flexibility index (Phi) is 5.20. The molecular weight excluding hydrogens is 400 g/mol. The SMILES string of the molecule is CN1CCC(N(C)Cc2cc3cc(Cl)c4c(c3o2)C2(CCCCC2)NC(=O)N4)CC1. The van der Waals surface area contributed by atoms with Crippen LogP contribution >= 0.6 is 11.6 Å². The predicted octanol–water partition coefficient (Wildman–Crippen LogP) is 4.91. The van der Waals surface area contributed by atoms with E-state index in [0.29, 0.717) is 11.1 Å². The van der Waals surface area contributed by atoms with E-state index in [9.17, 15) is 4.79 Å². The number of carbonyl (C=O) groups excluding carboxylic acids is 1. The van der Waals surface area contributed by atoms with Crippen molar-refractivity contribution >= 4 is 34.3 Å². The van der Waals surface area contributed by atoms with Gasteiger partial charge in [-0.3, -0.25) is 4.90 Å². The summed E-state index contributed by atoms with van der Waals surface area (Å²) in [5.74, 6) is 0.957. The topological polar surface area (TPSA) is 60.8 Å². The third kappa shape index (κ3) is 3.49. The van der Waals surface area contributed by atoms with E-state index in [-0.39, 0.29) is 11.6 Å². The molecule has 3 heterocycles. The van der Waals surface area contributed by atoms with Crippen LogP contribution in [-0.2, 0) is 12.1 Å². The maximum Gasteiger partial charge on any atom is 0.319 e. The number of carbonyl (C=O) groups is 1. The number of hydrogen-bond donors (Lipinski definition) is 2. The zero-order chi connectivity index (χ0) is 20.9. The first-order chi connectivity index (χ1) is 14.4. The number of rotatable bonds is 3. The fourth-order valence-corrected chi connectivity index (χ4v) is 5.88. The molecule has 2 amide bonds. The Bertz CT molecular complexity index is 958. The normalized spacial score (nSPS) is 22.3. The molecule has 2 aliphatic heterocycles. The van der Waals surface area contributed by atoms with Gasteiger partial charge in [0, 0.05) is 17.0 Å². The van der Waals surface area contributed by atoms with E-state index < -0.39 is 0 Å². The number of amides is 2. The molecule has 6 nitrogen and oxygen atoms in total. The van der Waals surface area contributed by atoms with Crippen LogP contribution in [0.5, 0.6) is 0 Å². The summed E-state index contributed by atoms with van der Waals surface area (Å²) in [7, 11) is 4.38. The fourth-order valence-electron chi connectivity index (χ4n) is 5.62. The summed E-state index contributed by atoms with van der Waals surface area (Å²) < 4.78 is 6.46. The van der Waals surface area contributed by atoms with E-state index >= 15 is 0 Å². The summed E-state index contributed by atoms with van der Waals surface area (Å²) in [4.78, 5) is 17.2. The Morgan fingerprint density at radius 1 is 1.23 bits per heavy atom. The third-order valence-corrected chi connectivity index (χ3v) is 7.60. The van der Waals surface area contributed by atoms with Crippen LogP contribution in [0.3, 0.4) is 0 Å². The van der Waals surface area contributed by atoms with E-state index in [1.165, 1.54) is 19.3 Å². The Balaban J connectivity index is 1.51. The molecule has 5 rings (SSSR count). The highest BCUT2D eigenvalue weighted by Gasteiger charge is 2.43. The number of nitrogens with one attached hydrogen (secondary N) is 2. The number of halogens is 1. The molecule has 1 aromatic heterocycles. The lowest BCUT2D eigenvalue weighted by molar-refractivity contribution is 0.133. The molecule has 162 valence electrons. The van der Waals surface area contributed by atoms with Gasteiger partial charge in [0.15, 0.2) is 0 Å². The van der Waals surface area contributed by atoms with E-state index in [0.717, 1.165) is 73.3 Å². The smallest absolute Gasteiger partial charge is 0.319 e. The van der Waals surface area contributed by atoms with Crippen LogP contribution in [0.15, 0.2) is 16.5 Å². The van der Waals surface area contributed by atoms with Crippen molar-refractivity contribution < 1.29 is 9.21 Å². The number of hydrogen-bond acceptors (Lipinski definition) is 4. The molecule has 0 bridgehead atoms. The first-order valence-corrected chi connectivity index (χ1v) is 11.6. The van der Waals surface area contributed by atoms with E-state index in [4.69, 9.17) is 16.0 Å². The molecule has 0 atom stereocenters. The zero-order valence-electron chi connectivity index (χ0n) is 17.9. The van der Waals surface area contributed by atoms with Gasteiger partial charge in [0.05, 0.1) is 22.8 Å². The lowest BCUT2D eigenvalue weighted by atomic mass is 9.74. The van der Waals surface area contributed by atoms with Crippen molar-refractivity contribution in [1.29, 1.82) is 0 Å². The van der Waals surface area contributed by atoms with Crippen LogP contribution in [-0.4, -0.2) is 49.1 Å². The van der Waals surface area contributed by atoms with Gasteiger partial charge in [0.2, 0.25) is 0 Å². The number of furan rings is 1. The molecule has 1 aromatic carbocycles. The van der Waals surface area contributed by atoms with Crippen LogP contribution < -0.4 is 10.6 Å². The molecule has 30 heavy (non-hydrogen) atoms. The van der Waals surface area contributed by atoms with Gasteiger partial charge in [-0.25, -0.2) is 4.79 Å². The molecule has 1 saturated heterocycles. The second-order valence-corrected chi connectivity index (χ2v) is 9.82. The molecule has 3 aliphatic rings. The first-order valence-electron chi connectivity index (χ1n) is 11.2. The summed E-state index contributed by atoms with van der Waals surface area (Å²) >= 11 is 6.64. The highest BCUT2D eigenvalue weighted by Crippen LogP contribution is 2.49. The number of piperidine rings is 1. The van der Waals surface area contributed by atoms with Crippen molar-refractivity contribution in [3.05, 3.63) is 28.5 Å². The Morgan fingerprint density at radius 3 is 2.70 bits per heavy atom. The molecule has 2 aromatic rings. The lowest BCUT2D eigenvalue weighted by Gasteiger charge is -2.42. The number of benzene rings is 1. The summed E-state index contributed by atoms with van der Waals surface area (Å²) in [5.41, 5.74) is 2.25. The highest BCUT2D eigenvalue weighted by atomic mass is 35.5. The number of nitrogens with zero attached hydrogens (tertiary/aromatic N) is 2. The first kappa shape index (κ1) is 20.2. The molecule has 0 radical (unpaired) electrons. The summed E-state index contributed by atoms with van der Waals surface area (Å²) in [5, 5.41) is 7.78. The maximum atomic E-state index is 12.4. The second-order valence-electron chi connectivity index (χ2n) is 9.41. The third-order valence-electron chi connectivity index (χ3n) is 7.30. The van der Waals surface area contributed by atoms with E-state index in [1.807, 2.05) is 6.07 Å². The standard InChI is InChI=1S/C23H31ClN4O2/c1-27-10-6-16(7-11-27)28(2)14-17-12-15-13-18(24)20-19(21(15)30-17)23(26-22(29)25-20)8-4-3-5-9-23/h12-13,16H,3-11,14H2,1-2H3,(H2,25,26,29). The summed E-state index contributed by atoms with van der Waals surface area (Å²) in [6, 6.07) is 4.47. The van der Waals surface area contributed by atoms with Crippen molar-refractivity contribution in [3.8, 4) is 0 Å². The number of urea groups is 1. The summed E-state index contributed by atoms with van der Waals surface area (Å²) in [6.45, 7) is 3.07. The van der Waals surface area contributed by atoms with Gasteiger partial charge in [0.1, 0.15) is 11.3 Å². The number of fused-ring (bicyclic) bond motifs is 4. The largest absolute Gasteiger partial charge is 0.459 e. The van der Waals surface area contributed by atoms with Gasteiger partial charge >= 0.3 is 6.03 Å². The highest BCUT2D eigenvalue weighted by molar-refractivity contribution is 6.35. The van der Waals surface area contributed by atoms with Gasteiger partial charge < -0.3 is 20.0 Å². The van der Waals surface area contributed by atoms with Gasteiger partial charge in [-0.2, -0.15) is 0 Å². The molecule has 1 spiro atoms. The van der Waals surface area contributed by atoms with Crippen molar-refractivity contribution in [3.63, 3.8) is 0 Å². The van der Waals surface area contributed by atoms with Crippen molar-refractivity contribution in [2.75, 3.05) is 32.5 Å². The minimum atomic E-state index is -0.381. The molecule has 2 N–H and O–H groups in total. The monoisotopic (exact) mass is 430 g/mol. The predicted molar refractivity (Wildman–Crippen MR) is 120 cm³/mol. The number of likely N-dealkylation sites (tertiary alicyclic amines) is 1. The van der Waals surface area contributed by atoms with Gasteiger partial charge in [-0.1, -0.05) is 30.9 Å². The fraction of sp³-hybridized carbons (Fsp3) is 0.609.